The van der Waals surface area contributed by atoms with E-state index in [0.29, 0.717) is 18.8 Å². The van der Waals surface area contributed by atoms with Crippen molar-refractivity contribution in [3.63, 3.8) is 0 Å². The molecule has 3 nitrogen and oxygen atoms in total. The molecule has 0 aliphatic heterocycles. The Morgan fingerprint density at radius 3 is 2.52 bits per heavy atom. The SMILES string of the molecule is C=C1/C(=C\C=C2/CCC[C@]3(C)[C@@H](CCC(F)(F)S(O)(O)C(C)(C)C)CC[C@@H]23)C[C@H](O)CC1I. The van der Waals surface area contributed by atoms with E-state index in [1.54, 1.807) is 0 Å². The molecule has 0 aromatic rings. The quantitative estimate of drug-likeness (QED) is 0.220. The molecule has 5 atom stereocenters. The zero-order chi connectivity index (χ0) is 24.8. The Morgan fingerprint density at radius 1 is 1.21 bits per heavy atom. The molecule has 3 fully saturated rings. The monoisotopic (exact) mass is 598 g/mol. The van der Waals surface area contributed by atoms with E-state index in [9.17, 15) is 23.0 Å². The number of hydrogen-bond donors (Lipinski definition) is 3. The fraction of sp³-hybridized carbons (Fsp3) is 0.769. The highest BCUT2D eigenvalue weighted by Gasteiger charge is 2.54. The molecule has 0 aromatic carbocycles. The number of alkyl halides is 3. The molecule has 1 unspecified atom stereocenters. The largest absolute Gasteiger partial charge is 0.393 e. The van der Waals surface area contributed by atoms with Crippen molar-refractivity contribution in [1.29, 1.82) is 0 Å². The van der Waals surface area contributed by atoms with Crippen molar-refractivity contribution < 1.29 is 23.0 Å². The summed E-state index contributed by atoms with van der Waals surface area (Å²) in [7, 11) is -4.04. The van der Waals surface area contributed by atoms with Gasteiger partial charge < -0.3 is 5.11 Å². The van der Waals surface area contributed by atoms with Crippen LogP contribution in [0.5, 0.6) is 0 Å². The highest BCUT2D eigenvalue weighted by Crippen LogP contribution is 2.66. The van der Waals surface area contributed by atoms with Gasteiger partial charge in [0.25, 0.3) is 0 Å². The van der Waals surface area contributed by atoms with Gasteiger partial charge in [-0.1, -0.05) is 53.8 Å². The van der Waals surface area contributed by atoms with Gasteiger partial charge in [0.1, 0.15) is 0 Å². The summed E-state index contributed by atoms with van der Waals surface area (Å²) in [4.78, 5) is 0. The van der Waals surface area contributed by atoms with Crippen molar-refractivity contribution in [2.24, 2.45) is 17.3 Å². The normalized spacial score (nSPS) is 37.0. The van der Waals surface area contributed by atoms with E-state index in [1.807, 2.05) is 0 Å². The molecular formula is C26H41F2IO3S. The number of halogens is 3. The highest BCUT2D eigenvalue weighted by molar-refractivity contribution is 14.1. The number of aliphatic hydroxyl groups excluding tert-OH is 1. The molecule has 3 aliphatic carbocycles. The van der Waals surface area contributed by atoms with Crippen LogP contribution in [0.15, 0.2) is 35.5 Å². The van der Waals surface area contributed by atoms with Gasteiger partial charge in [-0.3, -0.25) is 9.11 Å². The van der Waals surface area contributed by atoms with Gasteiger partial charge in [-0.2, -0.15) is 8.78 Å². The maximum Gasteiger partial charge on any atom is 0.337 e. The molecule has 3 N–H and O–H groups in total. The molecule has 3 aliphatic rings. The molecular weight excluding hydrogens is 557 g/mol. The lowest BCUT2D eigenvalue weighted by Gasteiger charge is -2.49. The molecule has 0 amide bonds. The third kappa shape index (κ3) is 5.42. The summed E-state index contributed by atoms with van der Waals surface area (Å²) in [5.41, 5.74) is 3.58. The summed E-state index contributed by atoms with van der Waals surface area (Å²) < 4.78 is 49.4. The summed E-state index contributed by atoms with van der Waals surface area (Å²) in [5, 5.41) is 6.68. The van der Waals surface area contributed by atoms with Crippen molar-refractivity contribution in [2.45, 2.75) is 106 Å². The number of allylic oxidation sites excluding steroid dienone is 4. The van der Waals surface area contributed by atoms with Crippen LogP contribution in [0, 0.1) is 17.3 Å². The zero-order valence-electron chi connectivity index (χ0n) is 20.4. The van der Waals surface area contributed by atoms with Crippen LogP contribution in [-0.2, 0) is 0 Å². The molecule has 3 rings (SSSR count). The van der Waals surface area contributed by atoms with Gasteiger partial charge in [0.05, 0.1) is 10.9 Å². The first-order valence-corrected chi connectivity index (χ1v) is 15.0. The predicted octanol–water partition coefficient (Wildman–Crippen LogP) is 8.49. The fourth-order valence-electron chi connectivity index (χ4n) is 6.19. The Labute approximate surface area is 213 Å². The number of fused-ring (bicyclic) bond motifs is 1. The van der Waals surface area contributed by atoms with E-state index in [0.717, 1.165) is 49.7 Å². The molecule has 33 heavy (non-hydrogen) atoms. The predicted molar refractivity (Wildman–Crippen MR) is 143 cm³/mol. The summed E-state index contributed by atoms with van der Waals surface area (Å²) in [6, 6.07) is 0. The molecule has 0 radical (unpaired) electrons. The Hall–Kier alpha value is 0.0400. The van der Waals surface area contributed by atoms with Crippen molar-refractivity contribution in [3.05, 3.63) is 35.5 Å². The lowest BCUT2D eigenvalue weighted by molar-refractivity contribution is 0.0439. The second-order valence-electron chi connectivity index (χ2n) is 11.5. The minimum absolute atomic E-state index is 0.0296. The van der Waals surface area contributed by atoms with Gasteiger partial charge in [-0.15, -0.1) is 10.6 Å². The average Bonchev–Trinajstić information content (AvgIpc) is 3.03. The van der Waals surface area contributed by atoms with E-state index in [2.05, 4.69) is 48.2 Å². The van der Waals surface area contributed by atoms with Crippen molar-refractivity contribution in [2.75, 3.05) is 0 Å². The minimum Gasteiger partial charge on any atom is -0.393 e. The smallest absolute Gasteiger partial charge is 0.337 e. The maximum atomic E-state index is 14.9. The maximum absolute atomic E-state index is 14.9. The van der Waals surface area contributed by atoms with Crippen LogP contribution in [0.3, 0.4) is 0 Å². The second kappa shape index (κ2) is 9.83. The fourth-order valence-corrected chi connectivity index (χ4v) is 8.47. The van der Waals surface area contributed by atoms with E-state index in [1.165, 1.54) is 26.3 Å². The lowest BCUT2D eigenvalue weighted by Crippen LogP contribution is -2.39. The van der Waals surface area contributed by atoms with E-state index in [4.69, 9.17) is 0 Å². The van der Waals surface area contributed by atoms with Crippen molar-refractivity contribution in [3.8, 4) is 0 Å². The van der Waals surface area contributed by atoms with Crippen LogP contribution >= 0.6 is 33.2 Å². The van der Waals surface area contributed by atoms with Gasteiger partial charge in [0, 0.05) is 10.3 Å². The molecule has 0 bridgehead atoms. The van der Waals surface area contributed by atoms with E-state index < -0.39 is 27.0 Å². The second-order valence-corrected chi connectivity index (χ2v) is 16.0. The summed E-state index contributed by atoms with van der Waals surface area (Å²) in [6.07, 6.45) is 10.3. The standard InChI is InChI=1S/C26H41F2IO3S/c1-17-19(15-21(30)16-23(17)29)9-8-18-7-6-13-25(5)20(10-11-22(18)25)12-14-26(27,28)33(31,32)24(2,3)4/h8-9,20-23,30-32H,1,6-7,10-16H2,2-5H3/b18-8+,19-9-/t20-,21+,22+,23?,25-/m1/s1. The van der Waals surface area contributed by atoms with Gasteiger partial charge in [0.15, 0.2) is 0 Å². The van der Waals surface area contributed by atoms with Crippen LogP contribution in [0.4, 0.5) is 8.78 Å². The van der Waals surface area contributed by atoms with Crippen molar-refractivity contribution >= 4 is 33.2 Å². The Bertz CT molecular complexity index is 817. The summed E-state index contributed by atoms with van der Waals surface area (Å²) >= 11 is 2.35. The molecule has 190 valence electrons. The summed E-state index contributed by atoms with van der Waals surface area (Å²) in [6.45, 7) is 10.9. The highest BCUT2D eigenvalue weighted by atomic mass is 127. The molecule has 3 saturated carbocycles. The van der Waals surface area contributed by atoms with Crippen LogP contribution in [0.25, 0.3) is 0 Å². The third-order valence-electron chi connectivity index (χ3n) is 8.44. The number of rotatable bonds is 5. The molecule has 0 aromatic heterocycles. The first kappa shape index (κ1) is 27.6. The minimum atomic E-state index is -4.04. The van der Waals surface area contributed by atoms with Crippen LogP contribution in [-0.4, -0.2) is 34.2 Å². The van der Waals surface area contributed by atoms with Crippen LogP contribution in [0.1, 0.15) is 85.5 Å². The molecule has 0 spiro atoms. The van der Waals surface area contributed by atoms with E-state index in [-0.39, 0.29) is 21.4 Å². The number of hydrogen-bond acceptors (Lipinski definition) is 3. The topological polar surface area (TPSA) is 60.7 Å². The molecule has 0 saturated heterocycles. The zero-order valence-corrected chi connectivity index (χ0v) is 23.4. The molecule has 0 heterocycles. The van der Waals surface area contributed by atoms with Gasteiger partial charge in [-0.25, -0.2) is 0 Å². The summed E-state index contributed by atoms with van der Waals surface area (Å²) in [5.74, 6) is 0.534. The Kier molecular flexibility index (Phi) is 8.23. The third-order valence-corrected chi connectivity index (χ3v) is 12.4. The average molecular weight is 599 g/mol. The van der Waals surface area contributed by atoms with Crippen molar-refractivity contribution in [1.82, 2.24) is 0 Å². The van der Waals surface area contributed by atoms with Gasteiger partial charge in [0.2, 0.25) is 0 Å². The first-order valence-electron chi connectivity index (χ1n) is 12.2. The van der Waals surface area contributed by atoms with E-state index >= 15 is 0 Å². The van der Waals surface area contributed by atoms with Gasteiger partial charge in [-0.05, 0) is 101 Å². The van der Waals surface area contributed by atoms with Gasteiger partial charge >= 0.3 is 5.25 Å². The van der Waals surface area contributed by atoms with Crippen LogP contribution < -0.4 is 0 Å². The lowest BCUT2D eigenvalue weighted by atomic mass is 9.62. The van der Waals surface area contributed by atoms with Crippen LogP contribution in [0.2, 0.25) is 0 Å². The Balaban J connectivity index is 1.74. The molecule has 7 heteroatoms. The Morgan fingerprint density at radius 2 is 1.88 bits per heavy atom. The number of aliphatic hydroxyl groups is 1. The first-order chi connectivity index (χ1) is 15.1.